The van der Waals surface area contributed by atoms with Crippen molar-refractivity contribution in [3.05, 3.63) is 35.9 Å². The van der Waals surface area contributed by atoms with Crippen LogP contribution < -0.4 is 4.90 Å². The van der Waals surface area contributed by atoms with E-state index in [9.17, 15) is 0 Å². The van der Waals surface area contributed by atoms with Gasteiger partial charge in [-0.2, -0.15) is 5.10 Å². The van der Waals surface area contributed by atoms with Crippen molar-refractivity contribution in [2.45, 2.75) is 31.8 Å². The highest BCUT2D eigenvalue weighted by Gasteiger charge is 2.39. The molecule has 0 N–H and O–H groups in total. The molecule has 0 radical (unpaired) electrons. The lowest BCUT2D eigenvalue weighted by molar-refractivity contribution is 0.0149. The van der Waals surface area contributed by atoms with E-state index in [0.29, 0.717) is 12.1 Å². The van der Waals surface area contributed by atoms with E-state index in [-0.39, 0.29) is 0 Å². The first-order valence-electron chi connectivity index (χ1n) is 9.05. The summed E-state index contributed by atoms with van der Waals surface area (Å²) >= 11 is 0. The Bertz CT molecular complexity index is 694. The van der Waals surface area contributed by atoms with Crippen LogP contribution in [-0.2, 0) is 18.2 Å². The summed E-state index contributed by atoms with van der Waals surface area (Å²) in [6, 6.07) is 0.874. The topological polar surface area (TPSA) is 59.3 Å². The first kappa shape index (κ1) is 16.5. The van der Waals surface area contributed by atoms with Gasteiger partial charge in [-0.15, -0.1) is 0 Å². The first-order valence-corrected chi connectivity index (χ1v) is 9.05. The summed E-state index contributed by atoms with van der Waals surface area (Å²) in [5.41, 5.74) is 2.36. The van der Waals surface area contributed by atoms with Gasteiger partial charge >= 0.3 is 0 Å². The molecule has 4 heterocycles. The third-order valence-electron chi connectivity index (χ3n) is 5.25. The number of aromatic nitrogens is 4. The SMILES string of the molecule is Cc1cnc(N2CC[C@H](N3CCOCC3)[C@H]2Cc2cnn(C)c2)nc1. The summed E-state index contributed by atoms with van der Waals surface area (Å²) < 4.78 is 7.42. The van der Waals surface area contributed by atoms with E-state index in [1.165, 1.54) is 5.56 Å². The summed E-state index contributed by atoms with van der Waals surface area (Å²) in [5, 5.41) is 4.34. The molecule has 0 aliphatic carbocycles. The second-order valence-corrected chi connectivity index (χ2v) is 7.05. The predicted octanol–water partition coefficient (Wildman–Crippen LogP) is 1.04. The molecule has 0 saturated carbocycles. The highest BCUT2D eigenvalue weighted by molar-refractivity contribution is 5.36. The van der Waals surface area contributed by atoms with Crippen LogP contribution in [0.3, 0.4) is 0 Å². The molecule has 0 aromatic carbocycles. The molecule has 0 spiro atoms. The van der Waals surface area contributed by atoms with E-state index in [1.807, 2.05) is 37.2 Å². The number of morpholine rings is 1. The fraction of sp³-hybridized carbons (Fsp3) is 0.611. The van der Waals surface area contributed by atoms with Gasteiger partial charge in [0.25, 0.3) is 0 Å². The van der Waals surface area contributed by atoms with Gasteiger partial charge < -0.3 is 9.64 Å². The van der Waals surface area contributed by atoms with Crippen LogP contribution in [0.25, 0.3) is 0 Å². The summed E-state index contributed by atoms with van der Waals surface area (Å²) in [4.78, 5) is 14.1. The molecule has 2 atom stereocenters. The minimum atomic E-state index is 0.366. The normalized spacial score (nSPS) is 24.8. The average molecular weight is 342 g/mol. The fourth-order valence-corrected chi connectivity index (χ4v) is 4.02. The van der Waals surface area contributed by atoms with E-state index in [0.717, 1.165) is 57.2 Å². The Morgan fingerprint density at radius 1 is 1.12 bits per heavy atom. The number of hydrogen-bond acceptors (Lipinski definition) is 6. The summed E-state index contributed by atoms with van der Waals surface area (Å²) in [6.07, 6.45) is 10.0. The lowest BCUT2D eigenvalue weighted by Gasteiger charge is -2.37. The van der Waals surface area contributed by atoms with Crippen molar-refractivity contribution in [3.63, 3.8) is 0 Å². The maximum Gasteiger partial charge on any atom is 0.225 e. The number of aryl methyl sites for hydroxylation is 2. The smallest absolute Gasteiger partial charge is 0.225 e. The van der Waals surface area contributed by atoms with Gasteiger partial charge in [-0.25, -0.2) is 9.97 Å². The van der Waals surface area contributed by atoms with Gasteiger partial charge in [-0.3, -0.25) is 9.58 Å². The second kappa shape index (κ2) is 7.09. The Morgan fingerprint density at radius 2 is 1.88 bits per heavy atom. The number of rotatable bonds is 4. The molecule has 2 aliphatic rings. The van der Waals surface area contributed by atoms with Gasteiger partial charge in [0, 0.05) is 51.3 Å². The third-order valence-corrected chi connectivity index (χ3v) is 5.25. The fourth-order valence-electron chi connectivity index (χ4n) is 4.02. The molecule has 2 aliphatic heterocycles. The van der Waals surface area contributed by atoms with E-state index in [4.69, 9.17) is 4.74 Å². The molecule has 7 heteroatoms. The molecule has 0 bridgehead atoms. The summed E-state index contributed by atoms with van der Waals surface area (Å²) in [6.45, 7) is 6.70. The molecule has 4 rings (SSSR count). The third kappa shape index (κ3) is 3.52. The van der Waals surface area contributed by atoms with Gasteiger partial charge in [0.05, 0.1) is 25.5 Å². The zero-order chi connectivity index (χ0) is 17.2. The molecule has 2 aromatic heterocycles. The van der Waals surface area contributed by atoms with Crippen molar-refractivity contribution in [1.29, 1.82) is 0 Å². The van der Waals surface area contributed by atoms with Crippen LogP contribution in [0.5, 0.6) is 0 Å². The number of ether oxygens (including phenoxy) is 1. The number of anilines is 1. The Kier molecular flexibility index (Phi) is 4.67. The van der Waals surface area contributed by atoms with Crippen LogP contribution in [-0.4, -0.2) is 69.6 Å². The quantitative estimate of drug-likeness (QED) is 0.827. The lowest BCUT2D eigenvalue weighted by Crippen LogP contribution is -2.50. The first-order chi connectivity index (χ1) is 12.2. The Hall–Kier alpha value is -1.99. The molecule has 2 fully saturated rings. The lowest BCUT2D eigenvalue weighted by atomic mass is 10.0. The molecule has 2 saturated heterocycles. The Morgan fingerprint density at radius 3 is 2.56 bits per heavy atom. The van der Waals surface area contributed by atoms with E-state index >= 15 is 0 Å². The van der Waals surface area contributed by atoms with Crippen LogP contribution >= 0.6 is 0 Å². The monoisotopic (exact) mass is 342 g/mol. The van der Waals surface area contributed by atoms with Crippen molar-refractivity contribution in [2.75, 3.05) is 37.7 Å². The second-order valence-electron chi connectivity index (χ2n) is 7.05. The largest absolute Gasteiger partial charge is 0.379 e. The van der Waals surface area contributed by atoms with Gasteiger partial charge in [-0.1, -0.05) is 0 Å². The molecule has 7 nitrogen and oxygen atoms in total. The Balaban J connectivity index is 1.59. The van der Waals surface area contributed by atoms with Crippen molar-refractivity contribution in [2.24, 2.45) is 7.05 Å². The molecular formula is C18H26N6O. The zero-order valence-corrected chi connectivity index (χ0v) is 15.0. The van der Waals surface area contributed by atoms with Crippen LogP contribution in [0.2, 0.25) is 0 Å². The predicted molar refractivity (Wildman–Crippen MR) is 95.6 cm³/mol. The van der Waals surface area contributed by atoms with Crippen molar-refractivity contribution >= 4 is 5.95 Å². The number of hydrogen-bond donors (Lipinski definition) is 0. The minimum Gasteiger partial charge on any atom is -0.379 e. The maximum atomic E-state index is 5.55. The van der Waals surface area contributed by atoms with Crippen LogP contribution in [0.15, 0.2) is 24.8 Å². The molecular weight excluding hydrogens is 316 g/mol. The van der Waals surface area contributed by atoms with Gasteiger partial charge in [0.15, 0.2) is 0 Å². The highest BCUT2D eigenvalue weighted by Crippen LogP contribution is 2.29. The highest BCUT2D eigenvalue weighted by atomic mass is 16.5. The summed E-state index contributed by atoms with van der Waals surface area (Å²) in [5.74, 6) is 0.843. The molecule has 25 heavy (non-hydrogen) atoms. The van der Waals surface area contributed by atoms with Gasteiger partial charge in [0.2, 0.25) is 5.95 Å². The molecule has 0 unspecified atom stereocenters. The van der Waals surface area contributed by atoms with Crippen LogP contribution in [0.4, 0.5) is 5.95 Å². The summed E-state index contributed by atoms with van der Waals surface area (Å²) in [7, 11) is 1.97. The molecule has 134 valence electrons. The number of nitrogens with zero attached hydrogens (tertiary/aromatic N) is 6. The zero-order valence-electron chi connectivity index (χ0n) is 15.0. The Labute approximate surface area is 148 Å². The van der Waals surface area contributed by atoms with E-state index in [2.05, 4.69) is 31.1 Å². The van der Waals surface area contributed by atoms with Crippen molar-refractivity contribution in [1.82, 2.24) is 24.6 Å². The average Bonchev–Trinajstić information content (AvgIpc) is 3.23. The van der Waals surface area contributed by atoms with Gasteiger partial charge in [0.1, 0.15) is 0 Å². The van der Waals surface area contributed by atoms with Crippen molar-refractivity contribution in [3.8, 4) is 0 Å². The minimum absolute atomic E-state index is 0.366. The van der Waals surface area contributed by atoms with Crippen LogP contribution in [0, 0.1) is 6.92 Å². The van der Waals surface area contributed by atoms with Crippen molar-refractivity contribution < 1.29 is 4.74 Å². The van der Waals surface area contributed by atoms with Crippen LogP contribution in [0.1, 0.15) is 17.5 Å². The van der Waals surface area contributed by atoms with E-state index in [1.54, 1.807) is 0 Å². The van der Waals surface area contributed by atoms with E-state index < -0.39 is 0 Å². The molecule has 0 amide bonds. The van der Waals surface area contributed by atoms with Gasteiger partial charge in [-0.05, 0) is 30.9 Å². The molecule has 2 aromatic rings. The maximum absolute atomic E-state index is 5.55. The standard InChI is InChI=1S/C18H26N6O/c1-14-10-19-18(20-11-14)24-4-3-16(23-5-7-25-8-6-23)17(24)9-15-12-21-22(2)13-15/h10-13,16-17H,3-9H2,1-2H3/t16-,17+/m0/s1.